The number of nitrogens with one attached hydrogen (secondary N) is 1. The molecule has 0 aliphatic heterocycles. The smallest absolute Gasteiger partial charge is 0.228 e. The van der Waals surface area contributed by atoms with Crippen LogP contribution < -0.4 is 5.32 Å². The van der Waals surface area contributed by atoms with Crippen LogP contribution in [-0.2, 0) is 17.9 Å². The van der Waals surface area contributed by atoms with Crippen molar-refractivity contribution in [2.45, 2.75) is 46.7 Å². The van der Waals surface area contributed by atoms with Gasteiger partial charge in [0, 0.05) is 22.8 Å². The fourth-order valence-electron chi connectivity index (χ4n) is 3.69. The summed E-state index contributed by atoms with van der Waals surface area (Å²) in [4.78, 5) is 13.0. The maximum Gasteiger partial charge on any atom is 0.228 e. The van der Waals surface area contributed by atoms with Crippen LogP contribution in [0.1, 0.15) is 47.8 Å². The van der Waals surface area contributed by atoms with Gasteiger partial charge in [0.15, 0.2) is 0 Å². The lowest BCUT2D eigenvalue weighted by Crippen LogP contribution is -2.32. The van der Waals surface area contributed by atoms with Crippen molar-refractivity contribution in [2.75, 3.05) is 0 Å². The summed E-state index contributed by atoms with van der Waals surface area (Å²) < 4.78 is 2.01. The zero-order valence-corrected chi connectivity index (χ0v) is 18.2. The standard InChI is InChI=1S/C24H28ClN3O/c1-16(2)23(20-10-12-21(25)13-11-20)24(29)26-14-22-17(3)27-28(18(22)4)15-19-8-6-5-7-9-19/h5-13,16,23H,14-15H2,1-4H3,(H,26,29)/t23-/m0/s1. The Morgan fingerprint density at radius 1 is 1.07 bits per heavy atom. The first kappa shape index (κ1) is 21.1. The average Bonchev–Trinajstić information content (AvgIpc) is 2.95. The summed E-state index contributed by atoms with van der Waals surface area (Å²) in [6, 6.07) is 17.8. The first-order valence-corrected chi connectivity index (χ1v) is 10.3. The topological polar surface area (TPSA) is 46.9 Å². The van der Waals surface area contributed by atoms with Crippen LogP contribution >= 0.6 is 11.6 Å². The lowest BCUT2D eigenvalue weighted by Gasteiger charge is -2.21. The third-order valence-corrected chi connectivity index (χ3v) is 5.58. The monoisotopic (exact) mass is 409 g/mol. The lowest BCUT2D eigenvalue weighted by molar-refractivity contribution is -0.123. The van der Waals surface area contributed by atoms with Gasteiger partial charge in [-0.3, -0.25) is 9.48 Å². The number of halogens is 1. The van der Waals surface area contributed by atoms with E-state index in [2.05, 4.69) is 43.3 Å². The molecule has 0 aliphatic rings. The Bertz CT molecular complexity index is 962. The second-order valence-corrected chi connectivity index (χ2v) is 8.22. The van der Waals surface area contributed by atoms with Crippen LogP contribution in [0.3, 0.4) is 0 Å². The maximum atomic E-state index is 13.0. The van der Waals surface area contributed by atoms with Crippen molar-refractivity contribution >= 4 is 17.5 Å². The molecule has 0 unspecified atom stereocenters. The number of aromatic nitrogens is 2. The number of carbonyl (C=O) groups excluding carboxylic acids is 1. The Balaban J connectivity index is 1.73. The Morgan fingerprint density at radius 2 is 1.72 bits per heavy atom. The largest absolute Gasteiger partial charge is 0.351 e. The first-order valence-electron chi connectivity index (χ1n) is 9.96. The zero-order chi connectivity index (χ0) is 21.0. The van der Waals surface area contributed by atoms with Crippen molar-refractivity contribution in [3.63, 3.8) is 0 Å². The number of hydrogen-bond donors (Lipinski definition) is 1. The summed E-state index contributed by atoms with van der Waals surface area (Å²) in [7, 11) is 0. The summed E-state index contributed by atoms with van der Waals surface area (Å²) in [5, 5.41) is 8.48. The van der Waals surface area contributed by atoms with Crippen molar-refractivity contribution in [1.29, 1.82) is 0 Å². The molecule has 0 aliphatic carbocycles. The molecule has 1 N–H and O–H groups in total. The fraction of sp³-hybridized carbons (Fsp3) is 0.333. The third-order valence-electron chi connectivity index (χ3n) is 5.32. The molecule has 1 heterocycles. The Hall–Kier alpha value is -2.59. The van der Waals surface area contributed by atoms with E-state index < -0.39 is 0 Å². The van der Waals surface area contributed by atoms with Gasteiger partial charge in [-0.15, -0.1) is 0 Å². The molecule has 0 radical (unpaired) electrons. The van der Waals surface area contributed by atoms with E-state index in [1.807, 2.05) is 54.1 Å². The van der Waals surface area contributed by atoms with E-state index in [9.17, 15) is 4.79 Å². The number of benzene rings is 2. The summed E-state index contributed by atoms with van der Waals surface area (Å²) in [5.74, 6) is -0.0108. The van der Waals surface area contributed by atoms with Crippen molar-refractivity contribution < 1.29 is 4.79 Å². The number of amides is 1. The molecule has 3 aromatic rings. The molecule has 0 saturated heterocycles. The van der Waals surface area contributed by atoms with Crippen LogP contribution in [-0.4, -0.2) is 15.7 Å². The molecule has 29 heavy (non-hydrogen) atoms. The van der Waals surface area contributed by atoms with E-state index in [1.165, 1.54) is 5.56 Å². The second kappa shape index (κ2) is 9.27. The van der Waals surface area contributed by atoms with Gasteiger partial charge in [-0.25, -0.2) is 0 Å². The molecular weight excluding hydrogens is 382 g/mol. The molecule has 5 heteroatoms. The Labute approximate surface area is 177 Å². The highest BCUT2D eigenvalue weighted by molar-refractivity contribution is 6.30. The van der Waals surface area contributed by atoms with Crippen molar-refractivity contribution in [2.24, 2.45) is 5.92 Å². The van der Waals surface area contributed by atoms with Gasteiger partial charge in [0.1, 0.15) is 0 Å². The van der Waals surface area contributed by atoms with Crippen LogP contribution in [0.25, 0.3) is 0 Å². The lowest BCUT2D eigenvalue weighted by atomic mass is 9.87. The van der Waals surface area contributed by atoms with E-state index in [0.717, 1.165) is 29.1 Å². The minimum atomic E-state index is -0.216. The van der Waals surface area contributed by atoms with E-state index in [4.69, 9.17) is 11.6 Å². The number of hydrogen-bond acceptors (Lipinski definition) is 2. The first-order chi connectivity index (χ1) is 13.9. The normalized spacial score (nSPS) is 12.2. The van der Waals surface area contributed by atoms with E-state index in [-0.39, 0.29) is 17.7 Å². The number of nitrogens with zero attached hydrogens (tertiary/aromatic N) is 2. The highest BCUT2D eigenvalue weighted by atomic mass is 35.5. The predicted molar refractivity (Wildman–Crippen MR) is 118 cm³/mol. The van der Waals surface area contributed by atoms with Gasteiger partial charge in [-0.05, 0) is 43.0 Å². The van der Waals surface area contributed by atoms with Crippen LogP contribution in [0.4, 0.5) is 0 Å². The molecule has 3 rings (SSSR count). The second-order valence-electron chi connectivity index (χ2n) is 7.78. The molecule has 1 atom stereocenters. The van der Waals surface area contributed by atoms with Gasteiger partial charge in [-0.2, -0.15) is 5.10 Å². The zero-order valence-electron chi connectivity index (χ0n) is 17.4. The van der Waals surface area contributed by atoms with Crippen LogP contribution in [0.15, 0.2) is 54.6 Å². The van der Waals surface area contributed by atoms with Crippen LogP contribution in [0, 0.1) is 19.8 Å². The Kier molecular flexibility index (Phi) is 6.75. The predicted octanol–water partition coefficient (Wildman–Crippen LogP) is 5.26. The quantitative estimate of drug-likeness (QED) is 0.578. The van der Waals surface area contributed by atoms with Gasteiger partial charge in [0.2, 0.25) is 5.91 Å². The average molecular weight is 410 g/mol. The molecule has 152 valence electrons. The molecule has 0 spiro atoms. The summed E-state index contributed by atoms with van der Waals surface area (Å²) in [6.45, 7) is 9.38. The molecule has 4 nitrogen and oxygen atoms in total. The Morgan fingerprint density at radius 3 is 2.34 bits per heavy atom. The van der Waals surface area contributed by atoms with Gasteiger partial charge < -0.3 is 5.32 Å². The number of rotatable bonds is 7. The van der Waals surface area contributed by atoms with E-state index in [0.29, 0.717) is 11.6 Å². The fourth-order valence-corrected chi connectivity index (χ4v) is 3.82. The summed E-state index contributed by atoms with van der Waals surface area (Å²) in [6.07, 6.45) is 0. The third kappa shape index (κ3) is 5.07. The number of aryl methyl sites for hydroxylation is 1. The molecule has 2 aromatic carbocycles. The molecule has 0 bridgehead atoms. The van der Waals surface area contributed by atoms with Crippen molar-refractivity contribution in [1.82, 2.24) is 15.1 Å². The number of carbonyl (C=O) groups is 1. The van der Waals surface area contributed by atoms with Gasteiger partial charge in [0.25, 0.3) is 0 Å². The van der Waals surface area contributed by atoms with Crippen molar-refractivity contribution in [3.05, 3.63) is 87.7 Å². The maximum absolute atomic E-state index is 13.0. The highest BCUT2D eigenvalue weighted by Gasteiger charge is 2.24. The minimum Gasteiger partial charge on any atom is -0.351 e. The summed E-state index contributed by atoms with van der Waals surface area (Å²) >= 11 is 6.00. The molecule has 1 aromatic heterocycles. The molecular formula is C24H28ClN3O. The minimum absolute atomic E-state index is 0.0249. The van der Waals surface area contributed by atoms with Gasteiger partial charge >= 0.3 is 0 Å². The van der Waals surface area contributed by atoms with Crippen LogP contribution in [0.5, 0.6) is 0 Å². The van der Waals surface area contributed by atoms with Gasteiger partial charge in [0.05, 0.1) is 18.2 Å². The summed E-state index contributed by atoms with van der Waals surface area (Å²) in [5.41, 5.74) is 5.30. The van der Waals surface area contributed by atoms with E-state index in [1.54, 1.807) is 0 Å². The SMILES string of the molecule is Cc1nn(Cc2ccccc2)c(C)c1CNC(=O)[C@H](c1ccc(Cl)cc1)C(C)C. The van der Waals surface area contributed by atoms with Gasteiger partial charge in [-0.1, -0.05) is 67.9 Å². The van der Waals surface area contributed by atoms with Crippen molar-refractivity contribution in [3.8, 4) is 0 Å². The molecule has 1 amide bonds. The van der Waals surface area contributed by atoms with E-state index >= 15 is 0 Å². The highest BCUT2D eigenvalue weighted by Crippen LogP contribution is 2.26. The molecule has 0 saturated carbocycles. The molecule has 0 fully saturated rings. The van der Waals surface area contributed by atoms with Crippen LogP contribution in [0.2, 0.25) is 5.02 Å².